The van der Waals surface area contributed by atoms with Crippen LogP contribution >= 0.6 is 0 Å². The molecule has 0 aliphatic carbocycles. The normalized spacial score (nSPS) is 11.8. The van der Waals surface area contributed by atoms with Crippen LogP contribution in [0.25, 0.3) is 100 Å². The van der Waals surface area contributed by atoms with Gasteiger partial charge in [-0.2, -0.15) is 0 Å². The fraction of sp³-hybridized carbons (Fsp3) is 0.143. The van der Waals surface area contributed by atoms with Crippen molar-refractivity contribution in [3.05, 3.63) is 179 Å². The van der Waals surface area contributed by atoms with Crippen LogP contribution in [0, 0.1) is 55.4 Å². The van der Waals surface area contributed by atoms with Gasteiger partial charge in [-0.05, 0) is 145 Å². The van der Waals surface area contributed by atoms with Crippen LogP contribution in [0.2, 0.25) is 0 Å². The molecule has 310 valence electrons. The fourth-order valence-electron chi connectivity index (χ4n) is 9.66. The number of rotatable bonds is 6. The molecule has 0 aliphatic rings. The Morgan fingerprint density at radius 2 is 0.750 bits per heavy atom. The zero-order chi connectivity index (χ0) is 44.0. The van der Waals surface area contributed by atoms with E-state index in [1.165, 1.54) is 43.8 Å². The lowest BCUT2D eigenvalue weighted by molar-refractivity contribution is 0.928. The second-order valence-electron chi connectivity index (χ2n) is 17.3. The molecule has 0 bridgehead atoms. The molecule has 0 saturated carbocycles. The molecule has 0 aliphatic heterocycles. The number of nitrogens with zero attached hydrogens (tertiary/aromatic N) is 8. The highest BCUT2D eigenvalue weighted by Gasteiger charge is 2.23. The lowest BCUT2D eigenvalue weighted by Crippen LogP contribution is -2.04. The summed E-state index contributed by atoms with van der Waals surface area (Å²) in [4.78, 5) is 28.7. The summed E-state index contributed by atoms with van der Waals surface area (Å²) in [5.41, 5.74) is 17.5. The molecule has 64 heavy (non-hydrogen) atoms. The third kappa shape index (κ3) is 6.52. The van der Waals surface area contributed by atoms with E-state index < -0.39 is 0 Å². The van der Waals surface area contributed by atoms with Gasteiger partial charge in [0.2, 0.25) is 0 Å². The molecule has 11 aromatic rings. The first-order valence-corrected chi connectivity index (χ1v) is 21.8. The molecule has 11 rings (SSSR count). The van der Waals surface area contributed by atoms with Gasteiger partial charge in [0.1, 0.15) is 23.3 Å². The van der Waals surface area contributed by atoms with Gasteiger partial charge in [-0.15, -0.1) is 0 Å². The Bertz CT molecular complexity index is 3560. The van der Waals surface area contributed by atoms with Gasteiger partial charge in [0.15, 0.2) is 11.6 Å². The minimum atomic E-state index is 0.638. The van der Waals surface area contributed by atoms with Crippen LogP contribution < -0.4 is 0 Å². The zero-order valence-corrected chi connectivity index (χ0v) is 37.3. The molecule has 0 amide bonds. The molecule has 0 fully saturated rings. The molecule has 7 aromatic carbocycles. The van der Waals surface area contributed by atoms with Crippen molar-refractivity contribution in [2.75, 3.05) is 0 Å². The molecule has 4 aromatic heterocycles. The van der Waals surface area contributed by atoms with Gasteiger partial charge >= 0.3 is 0 Å². The van der Waals surface area contributed by atoms with E-state index in [4.69, 9.17) is 19.9 Å². The SMILES string of the molecule is Cc1ccc2c(c1)c1cc(C)ccc1n2-c1ccc(-c2nc(C)nc(C)n2)cc1-c1cccc(-c2c(-c3nc(C)nc(C)n3)cccc2-n2c3ccc(C)cc3c3cc(C)ccc32)c1. The van der Waals surface area contributed by atoms with Crippen molar-refractivity contribution in [3.8, 4) is 56.4 Å². The molecule has 0 spiro atoms. The molecule has 8 heteroatoms. The Kier molecular flexibility index (Phi) is 9.10. The van der Waals surface area contributed by atoms with Crippen molar-refractivity contribution in [2.24, 2.45) is 0 Å². The number of aryl methyl sites for hydroxylation is 8. The Morgan fingerprint density at radius 3 is 1.25 bits per heavy atom. The van der Waals surface area contributed by atoms with Crippen LogP contribution in [0.15, 0.2) is 133 Å². The number of fused-ring (bicyclic) bond motifs is 6. The van der Waals surface area contributed by atoms with E-state index in [-0.39, 0.29) is 0 Å². The standard InChI is InChI=1S/C56H46N8/c1-31-15-20-49-44(25-31)45-26-32(2)16-21-50(45)63(49)48-24-19-41(55-59-35(5)57-36(6)60-55)30-43(48)39-11-9-12-40(29-39)54-42(56-61-37(7)58-38(8)62-56)13-10-14-53(54)64-51-22-17-33(3)27-46(51)47-28-34(4)18-23-52(47)64/h9-30H,1-8H3. The minimum Gasteiger partial charge on any atom is -0.309 e. The molecule has 0 unspecified atom stereocenters. The number of benzene rings is 7. The summed E-state index contributed by atoms with van der Waals surface area (Å²) in [6.07, 6.45) is 0. The van der Waals surface area contributed by atoms with Gasteiger partial charge in [-0.3, -0.25) is 0 Å². The number of hydrogen-bond donors (Lipinski definition) is 0. The summed E-state index contributed by atoms with van der Waals surface area (Å²) >= 11 is 0. The molecule has 0 atom stereocenters. The molecular weight excluding hydrogens is 785 g/mol. The lowest BCUT2D eigenvalue weighted by Gasteiger charge is -2.20. The average Bonchev–Trinajstić information content (AvgIpc) is 3.76. The Hall–Kier alpha value is -7.84. The third-order valence-corrected chi connectivity index (χ3v) is 12.4. The highest BCUT2D eigenvalue weighted by molar-refractivity contribution is 6.12. The summed E-state index contributed by atoms with van der Waals surface area (Å²) in [7, 11) is 0. The van der Waals surface area contributed by atoms with Gasteiger partial charge in [-0.25, -0.2) is 29.9 Å². The molecule has 4 heterocycles. The van der Waals surface area contributed by atoms with Crippen LogP contribution in [-0.2, 0) is 0 Å². The summed E-state index contributed by atoms with van der Waals surface area (Å²) < 4.78 is 4.83. The number of hydrogen-bond acceptors (Lipinski definition) is 6. The van der Waals surface area contributed by atoms with E-state index >= 15 is 0 Å². The zero-order valence-electron chi connectivity index (χ0n) is 37.3. The second kappa shape index (κ2) is 14.9. The summed E-state index contributed by atoms with van der Waals surface area (Å²) in [5.74, 6) is 4.01. The van der Waals surface area contributed by atoms with Crippen LogP contribution in [0.1, 0.15) is 45.6 Å². The van der Waals surface area contributed by atoms with Gasteiger partial charge in [0.05, 0.1) is 33.4 Å². The second-order valence-corrected chi connectivity index (χ2v) is 17.3. The van der Waals surface area contributed by atoms with E-state index in [1.54, 1.807) is 0 Å². The Balaban J connectivity index is 1.22. The van der Waals surface area contributed by atoms with E-state index in [0.717, 1.165) is 66.8 Å². The first-order valence-electron chi connectivity index (χ1n) is 21.8. The van der Waals surface area contributed by atoms with Crippen molar-refractivity contribution in [3.63, 3.8) is 0 Å². The van der Waals surface area contributed by atoms with Crippen LogP contribution in [0.3, 0.4) is 0 Å². The lowest BCUT2D eigenvalue weighted by atomic mass is 9.92. The molecule has 8 nitrogen and oxygen atoms in total. The Morgan fingerprint density at radius 1 is 0.312 bits per heavy atom. The highest BCUT2D eigenvalue weighted by Crippen LogP contribution is 2.44. The van der Waals surface area contributed by atoms with Crippen LogP contribution in [-0.4, -0.2) is 39.0 Å². The molecule has 0 radical (unpaired) electrons. The largest absolute Gasteiger partial charge is 0.309 e. The third-order valence-electron chi connectivity index (χ3n) is 12.4. The Labute approximate surface area is 372 Å². The molecular formula is C56H46N8. The maximum absolute atomic E-state index is 4.96. The van der Waals surface area contributed by atoms with Crippen molar-refractivity contribution < 1.29 is 0 Å². The minimum absolute atomic E-state index is 0.638. The summed E-state index contributed by atoms with van der Waals surface area (Å²) in [6.45, 7) is 16.4. The monoisotopic (exact) mass is 830 g/mol. The van der Waals surface area contributed by atoms with Gasteiger partial charge in [0.25, 0.3) is 0 Å². The number of aromatic nitrogens is 8. The van der Waals surface area contributed by atoms with E-state index in [1.807, 2.05) is 27.7 Å². The first kappa shape index (κ1) is 39.0. The highest BCUT2D eigenvalue weighted by atomic mass is 15.0. The maximum atomic E-state index is 4.96. The van der Waals surface area contributed by atoms with Crippen molar-refractivity contribution in [1.29, 1.82) is 0 Å². The topological polar surface area (TPSA) is 87.2 Å². The molecule has 0 saturated heterocycles. The smallest absolute Gasteiger partial charge is 0.164 e. The van der Waals surface area contributed by atoms with Crippen LogP contribution in [0.5, 0.6) is 0 Å². The van der Waals surface area contributed by atoms with Gasteiger partial charge < -0.3 is 9.13 Å². The van der Waals surface area contributed by atoms with E-state index in [0.29, 0.717) is 34.9 Å². The summed E-state index contributed by atoms with van der Waals surface area (Å²) in [5, 5.41) is 4.89. The maximum Gasteiger partial charge on any atom is 0.164 e. The van der Waals surface area contributed by atoms with Gasteiger partial charge in [-0.1, -0.05) is 76.9 Å². The predicted octanol–water partition coefficient (Wildman–Crippen LogP) is 13.4. The average molecular weight is 831 g/mol. The first-order chi connectivity index (χ1) is 31.0. The van der Waals surface area contributed by atoms with E-state index in [2.05, 4.69) is 180 Å². The quantitative estimate of drug-likeness (QED) is 0.166. The van der Waals surface area contributed by atoms with Gasteiger partial charge in [0, 0.05) is 43.8 Å². The summed E-state index contributed by atoms with van der Waals surface area (Å²) in [6, 6.07) is 49.0. The van der Waals surface area contributed by atoms with Crippen molar-refractivity contribution in [1.82, 2.24) is 39.0 Å². The van der Waals surface area contributed by atoms with Crippen molar-refractivity contribution in [2.45, 2.75) is 55.4 Å². The predicted molar refractivity (Wildman–Crippen MR) is 262 cm³/mol. The fourth-order valence-corrected chi connectivity index (χ4v) is 9.66. The molecule has 0 N–H and O–H groups in total. The van der Waals surface area contributed by atoms with Crippen LogP contribution in [0.4, 0.5) is 0 Å². The van der Waals surface area contributed by atoms with Crippen molar-refractivity contribution >= 4 is 43.6 Å². The van der Waals surface area contributed by atoms with E-state index in [9.17, 15) is 0 Å².